The molecule has 0 aliphatic carbocycles. The Labute approximate surface area is 184 Å². The number of amides is 2. The molecule has 31 heavy (non-hydrogen) atoms. The Hall–Kier alpha value is -3.77. The van der Waals surface area contributed by atoms with Gasteiger partial charge in [-0.2, -0.15) is 0 Å². The number of nitrogens with one attached hydrogen (secondary N) is 2. The largest absolute Gasteiger partial charge is 0.323 e. The Morgan fingerprint density at radius 1 is 0.935 bits per heavy atom. The number of urea groups is 1. The SMILES string of the molecule is Cc1ccc(NC(=O)Nc2cnc(-c3ccccc3)nc2-c2ccccc2Cl)c(F)c1. The summed E-state index contributed by atoms with van der Waals surface area (Å²) in [6.45, 7) is 1.77. The standard InChI is InChI=1S/C24H18ClFN4O/c1-15-11-12-20(19(26)13-15)28-24(31)29-21-14-27-23(16-7-3-2-4-8-16)30-22(21)17-9-5-6-10-18(17)25/h2-14H,1H3,(H2,28,29,31). The third-order valence-corrected chi connectivity index (χ3v) is 4.90. The molecule has 0 unspecified atom stereocenters. The van der Waals surface area contributed by atoms with E-state index in [1.54, 1.807) is 19.1 Å². The van der Waals surface area contributed by atoms with Crippen LogP contribution in [0.15, 0.2) is 79.0 Å². The van der Waals surface area contributed by atoms with Gasteiger partial charge in [0.1, 0.15) is 5.82 Å². The van der Waals surface area contributed by atoms with Crippen LogP contribution in [0.25, 0.3) is 22.6 Å². The van der Waals surface area contributed by atoms with Crippen molar-refractivity contribution in [3.63, 3.8) is 0 Å². The quantitative estimate of drug-likeness (QED) is 0.384. The number of anilines is 2. The minimum Gasteiger partial charge on any atom is -0.305 e. The lowest BCUT2D eigenvalue weighted by atomic mass is 10.1. The molecule has 0 saturated carbocycles. The first kappa shape index (κ1) is 20.5. The van der Waals surface area contributed by atoms with Gasteiger partial charge in [0.2, 0.25) is 0 Å². The third-order valence-electron chi connectivity index (χ3n) is 4.57. The minimum atomic E-state index is -0.618. The van der Waals surface area contributed by atoms with E-state index in [-0.39, 0.29) is 5.69 Å². The lowest BCUT2D eigenvalue weighted by molar-refractivity contribution is 0.262. The highest BCUT2D eigenvalue weighted by atomic mass is 35.5. The molecule has 0 radical (unpaired) electrons. The normalized spacial score (nSPS) is 10.5. The Morgan fingerprint density at radius 3 is 2.39 bits per heavy atom. The van der Waals surface area contributed by atoms with Crippen molar-refractivity contribution in [2.75, 3.05) is 10.6 Å². The zero-order chi connectivity index (χ0) is 21.8. The number of halogens is 2. The predicted molar refractivity (Wildman–Crippen MR) is 122 cm³/mol. The summed E-state index contributed by atoms with van der Waals surface area (Å²) >= 11 is 6.39. The molecule has 4 aromatic rings. The van der Waals surface area contributed by atoms with Gasteiger partial charge in [0, 0.05) is 11.1 Å². The highest BCUT2D eigenvalue weighted by Crippen LogP contribution is 2.33. The van der Waals surface area contributed by atoms with Gasteiger partial charge < -0.3 is 10.6 Å². The summed E-state index contributed by atoms with van der Waals surface area (Å²) < 4.78 is 14.1. The van der Waals surface area contributed by atoms with Crippen LogP contribution >= 0.6 is 11.6 Å². The number of nitrogens with zero attached hydrogens (tertiary/aromatic N) is 2. The van der Waals surface area contributed by atoms with Crippen LogP contribution in [0.5, 0.6) is 0 Å². The molecule has 0 bridgehead atoms. The second-order valence-corrected chi connectivity index (χ2v) is 7.27. The summed E-state index contributed by atoms with van der Waals surface area (Å²) in [6.07, 6.45) is 1.51. The first-order valence-corrected chi connectivity index (χ1v) is 9.90. The molecule has 0 aliphatic rings. The van der Waals surface area contributed by atoms with Crippen LogP contribution in [0.4, 0.5) is 20.6 Å². The smallest absolute Gasteiger partial charge is 0.305 e. The molecule has 0 spiro atoms. The summed E-state index contributed by atoms with van der Waals surface area (Å²) in [4.78, 5) is 21.6. The summed E-state index contributed by atoms with van der Waals surface area (Å²) in [5, 5.41) is 5.70. The number of benzene rings is 3. The van der Waals surface area contributed by atoms with Gasteiger partial charge in [-0.3, -0.25) is 0 Å². The number of hydrogen-bond acceptors (Lipinski definition) is 3. The van der Waals surface area contributed by atoms with Crippen LogP contribution in [0.2, 0.25) is 5.02 Å². The molecule has 0 atom stereocenters. The first-order chi connectivity index (χ1) is 15.0. The number of rotatable bonds is 4. The van der Waals surface area contributed by atoms with Gasteiger partial charge in [-0.25, -0.2) is 19.2 Å². The van der Waals surface area contributed by atoms with E-state index in [9.17, 15) is 9.18 Å². The van der Waals surface area contributed by atoms with Crippen molar-refractivity contribution in [1.29, 1.82) is 0 Å². The molecule has 1 heterocycles. The first-order valence-electron chi connectivity index (χ1n) is 9.53. The topological polar surface area (TPSA) is 66.9 Å². The highest BCUT2D eigenvalue weighted by Gasteiger charge is 2.16. The van der Waals surface area contributed by atoms with Gasteiger partial charge in [-0.05, 0) is 30.7 Å². The Bertz CT molecular complexity index is 1250. The Morgan fingerprint density at radius 2 is 1.65 bits per heavy atom. The fraction of sp³-hybridized carbons (Fsp3) is 0.0417. The van der Waals surface area contributed by atoms with Crippen LogP contribution in [-0.2, 0) is 0 Å². The van der Waals surface area contributed by atoms with Crippen molar-refractivity contribution in [2.24, 2.45) is 0 Å². The number of aryl methyl sites for hydroxylation is 1. The summed E-state index contributed by atoms with van der Waals surface area (Å²) in [6, 6.07) is 20.6. The van der Waals surface area contributed by atoms with Crippen LogP contribution in [0, 0.1) is 12.7 Å². The second-order valence-electron chi connectivity index (χ2n) is 6.86. The molecule has 1 aromatic heterocycles. The Balaban J connectivity index is 1.69. The fourth-order valence-corrected chi connectivity index (χ4v) is 3.28. The van der Waals surface area contributed by atoms with E-state index in [1.165, 1.54) is 18.3 Å². The zero-order valence-electron chi connectivity index (χ0n) is 16.6. The van der Waals surface area contributed by atoms with Gasteiger partial charge in [-0.1, -0.05) is 66.2 Å². The van der Waals surface area contributed by atoms with E-state index in [2.05, 4.69) is 20.6 Å². The van der Waals surface area contributed by atoms with Crippen LogP contribution in [0.3, 0.4) is 0 Å². The summed E-state index contributed by atoms with van der Waals surface area (Å²) in [5.74, 6) is -0.0248. The lowest BCUT2D eigenvalue weighted by Crippen LogP contribution is -2.21. The molecule has 5 nitrogen and oxygen atoms in total. The Kier molecular flexibility index (Phi) is 5.91. The maximum absolute atomic E-state index is 14.1. The molecule has 7 heteroatoms. The molecule has 3 aromatic carbocycles. The predicted octanol–water partition coefficient (Wildman–Crippen LogP) is 6.56. The number of carbonyl (C=O) groups excluding carboxylic acids is 1. The molecular formula is C24H18ClFN4O. The highest BCUT2D eigenvalue weighted by molar-refractivity contribution is 6.33. The summed E-state index contributed by atoms with van der Waals surface area (Å²) in [7, 11) is 0. The van der Waals surface area contributed by atoms with Crippen molar-refractivity contribution in [1.82, 2.24) is 9.97 Å². The van der Waals surface area contributed by atoms with E-state index in [0.717, 1.165) is 11.1 Å². The number of carbonyl (C=O) groups is 1. The minimum absolute atomic E-state index is 0.0733. The van der Waals surface area contributed by atoms with E-state index < -0.39 is 11.8 Å². The number of aromatic nitrogens is 2. The lowest BCUT2D eigenvalue weighted by Gasteiger charge is -2.14. The average molecular weight is 433 g/mol. The van der Waals surface area contributed by atoms with Gasteiger partial charge in [0.25, 0.3) is 0 Å². The zero-order valence-corrected chi connectivity index (χ0v) is 17.3. The molecule has 0 saturated heterocycles. The van der Waals surface area contributed by atoms with E-state index in [4.69, 9.17) is 11.6 Å². The van der Waals surface area contributed by atoms with Crippen molar-refractivity contribution in [2.45, 2.75) is 6.92 Å². The molecule has 0 aliphatic heterocycles. The third kappa shape index (κ3) is 4.70. The molecule has 154 valence electrons. The maximum atomic E-state index is 14.1. The van der Waals surface area contributed by atoms with Crippen LogP contribution in [0.1, 0.15) is 5.56 Å². The molecule has 2 N–H and O–H groups in total. The van der Waals surface area contributed by atoms with Crippen molar-refractivity contribution >= 4 is 29.0 Å². The van der Waals surface area contributed by atoms with E-state index in [1.807, 2.05) is 48.5 Å². The average Bonchev–Trinajstić information content (AvgIpc) is 2.77. The fourth-order valence-electron chi connectivity index (χ4n) is 3.06. The molecule has 0 fully saturated rings. The van der Waals surface area contributed by atoms with Crippen LogP contribution < -0.4 is 10.6 Å². The summed E-state index contributed by atoms with van der Waals surface area (Å²) in [5.41, 5.74) is 3.10. The van der Waals surface area contributed by atoms with Crippen molar-refractivity contribution in [3.8, 4) is 22.6 Å². The van der Waals surface area contributed by atoms with Gasteiger partial charge in [-0.15, -0.1) is 0 Å². The molecule has 2 amide bonds. The van der Waals surface area contributed by atoms with E-state index in [0.29, 0.717) is 27.8 Å². The van der Waals surface area contributed by atoms with Gasteiger partial charge in [0.05, 0.1) is 28.3 Å². The van der Waals surface area contributed by atoms with E-state index >= 15 is 0 Å². The van der Waals surface area contributed by atoms with Crippen molar-refractivity contribution < 1.29 is 9.18 Å². The molecular weight excluding hydrogens is 415 g/mol. The number of hydrogen-bond donors (Lipinski definition) is 2. The molecule has 4 rings (SSSR count). The monoisotopic (exact) mass is 432 g/mol. The maximum Gasteiger partial charge on any atom is 0.323 e. The van der Waals surface area contributed by atoms with Gasteiger partial charge in [0.15, 0.2) is 5.82 Å². The van der Waals surface area contributed by atoms with Crippen molar-refractivity contribution in [3.05, 3.63) is 95.4 Å². The van der Waals surface area contributed by atoms with Gasteiger partial charge >= 0.3 is 6.03 Å². The van der Waals surface area contributed by atoms with Crippen LogP contribution in [-0.4, -0.2) is 16.0 Å². The second kappa shape index (κ2) is 8.93.